The number of rotatable bonds is 6. The zero-order chi connectivity index (χ0) is 21.1. The summed E-state index contributed by atoms with van der Waals surface area (Å²) in [5.41, 5.74) is 0.329. The Balaban J connectivity index is 0.00000272. The molecule has 0 aliphatic carbocycles. The van der Waals surface area contributed by atoms with Crippen molar-refractivity contribution in [3.63, 3.8) is 0 Å². The van der Waals surface area contributed by atoms with Crippen LogP contribution in [0.25, 0.3) is 10.2 Å². The summed E-state index contributed by atoms with van der Waals surface area (Å²) in [6.45, 7) is 4.14. The SMILES string of the molecule is Cl.O=C(c1ccc(F)cc1)N(CCCN1CCOCC1)c1nc2c(F)cc(F)cc2s1. The summed E-state index contributed by atoms with van der Waals surface area (Å²) in [5.74, 6) is -2.27. The summed E-state index contributed by atoms with van der Waals surface area (Å²) in [5, 5.41) is 0.283. The number of aromatic nitrogens is 1. The Labute approximate surface area is 187 Å². The van der Waals surface area contributed by atoms with Crippen LogP contribution in [-0.2, 0) is 4.74 Å². The van der Waals surface area contributed by atoms with E-state index in [4.69, 9.17) is 4.74 Å². The highest BCUT2D eigenvalue weighted by atomic mass is 35.5. The molecule has 31 heavy (non-hydrogen) atoms. The topological polar surface area (TPSA) is 45.7 Å². The fourth-order valence-electron chi connectivity index (χ4n) is 3.37. The third kappa shape index (κ3) is 5.54. The summed E-state index contributed by atoms with van der Waals surface area (Å²) in [4.78, 5) is 21.1. The van der Waals surface area contributed by atoms with Crippen molar-refractivity contribution >= 4 is 45.0 Å². The molecular formula is C21H21ClF3N3O2S. The molecule has 0 unspecified atom stereocenters. The van der Waals surface area contributed by atoms with Gasteiger partial charge in [0.15, 0.2) is 10.9 Å². The van der Waals surface area contributed by atoms with Crippen LogP contribution in [0.1, 0.15) is 16.8 Å². The van der Waals surface area contributed by atoms with Gasteiger partial charge in [-0.3, -0.25) is 14.6 Å². The lowest BCUT2D eigenvalue weighted by molar-refractivity contribution is 0.0376. The fourth-order valence-corrected chi connectivity index (χ4v) is 4.40. The molecule has 2 heterocycles. The number of morpholine rings is 1. The van der Waals surface area contributed by atoms with Crippen LogP contribution in [0.5, 0.6) is 0 Å². The molecule has 166 valence electrons. The molecule has 1 aliphatic heterocycles. The van der Waals surface area contributed by atoms with Crippen molar-refractivity contribution < 1.29 is 22.7 Å². The first-order valence-electron chi connectivity index (χ1n) is 9.64. The van der Waals surface area contributed by atoms with E-state index in [-0.39, 0.29) is 29.0 Å². The molecule has 0 spiro atoms. The molecule has 5 nitrogen and oxygen atoms in total. The summed E-state index contributed by atoms with van der Waals surface area (Å²) >= 11 is 1.05. The van der Waals surface area contributed by atoms with Crippen LogP contribution >= 0.6 is 23.7 Å². The van der Waals surface area contributed by atoms with Gasteiger partial charge in [-0.1, -0.05) is 11.3 Å². The lowest BCUT2D eigenvalue weighted by Crippen LogP contribution is -2.39. The van der Waals surface area contributed by atoms with E-state index in [0.717, 1.165) is 37.0 Å². The minimum atomic E-state index is -0.769. The Morgan fingerprint density at radius 1 is 1.10 bits per heavy atom. The maximum Gasteiger partial charge on any atom is 0.260 e. The van der Waals surface area contributed by atoms with Crippen molar-refractivity contribution in [1.29, 1.82) is 0 Å². The summed E-state index contributed by atoms with van der Waals surface area (Å²) in [6.07, 6.45) is 0.666. The predicted octanol–water partition coefficient (Wildman–Crippen LogP) is 4.50. The van der Waals surface area contributed by atoms with E-state index in [1.807, 2.05) is 0 Å². The zero-order valence-electron chi connectivity index (χ0n) is 16.5. The van der Waals surface area contributed by atoms with Gasteiger partial charge in [0, 0.05) is 37.8 Å². The van der Waals surface area contributed by atoms with Crippen LogP contribution in [0.3, 0.4) is 0 Å². The van der Waals surface area contributed by atoms with Crippen molar-refractivity contribution in [3.8, 4) is 0 Å². The lowest BCUT2D eigenvalue weighted by atomic mass is 10.2. The van der Waals surface area contributed by atoms with E-state index < -0.39 is 17.5 Å². The Hall–Kier alpha value is -2.20. The van der Waals surface area contributed by atoms with Crippen molar-refractivity contribution in [2.45, 2.75) is 6.42 Å². The monoisotopic (exact) mass is 471 g/mol. The van der Waals surface area contributed by atoms with Crippen LogP contribution in [0.15, 0.2) is 36.4 Å². The van der Waals surface area contributed by atoms with Crippen LogP contribution in [0.4, 0.5) is 18.3 Å². The third-order valence-electron chi connectivity index (χ3n) is 4.93. The highest BCUT2D eigenvalue weighted by molar-refractivity contribution is 7.22. The second kappa shape index (κ2) is 10.4. The highest BCUT2D eigenvalue weighted by Gasteiger charge is 2.23. The van der Waals surface area contributed by atoms with Crippen LogP contribution in [-0.4, -0.2) is 55.2 Å². The molecule has 0 saturated carbocycles. The number of carbonyl (C=O) groups excluding carboxylic acids is 1. The standard InChI is InChI=1S/C21H20F3N3O2S.ClH/c22-15-4-2-14(3-5-15)20(28)27(7-1-6-26-8-10-29-11-9-26)21-25-19-17(24)12-16(23)13-18(19)30-21;/h2-5,12-13H,1,6-11H2;1H. The number of nitrogens with zero attached hydrogens (tertiary/aromatic N) is 3. The number of ether oxygens (including phenoxy) is 1. The zero-order valence-corrected chi connectivity index (χ0v) is 18.2. The molecule has 1 saturated heterocycles. The summed E-state index contributed by atoms with van der Waals surface area (Å²) in [6, 6.07) is 7.21. The Morgan fingerprint density at radius 2 is 1.81 bits per heavy atom. The molecule has 2 aromatic carbocycles. The van der Waals surface area contributed by atoms with E-state index in [1.54, 1.807) is 0 Å². The Morgan fingerprint density at radius 3 is 2.52 bits per heavy atom. The fraction of sp³-hybridized carbons (Fsp3) is 0.333. The number of hydrogen-bond donors (Lipinski definition) is 0. The Kier molecular flexibility index (Phi) is 7.88. The van der Waals surface area contributed by atoms with Crippen molar-refractivity contribution in [1.82, 2.24) is 9.88 Å². The number of anilines is 1. The minimum Gasteiger partial charge on any atom is -0.379 e. The quantitative estimate of drug-likeness (QED) is 0.531. The van der Waals surface area contributed by atoms with E-state index in [1.165, 1.54) is 35.2 Å². The van der Waals surface area contributed by atoms with Gasteiger partial charge in [0.25, 0.3) is 5.91 Å². The van der Waals surface area contributed by atoms with Gasteiger partial charge in [-0.25, -0.2) is 18.2 Å². The number of thiazole rings is 1. The van der Waals surface area contributed by atoms with E-state index in [2.05, 4.69) is 9.88 Å². The van der Waals surface area contributed by atoms with Gasteiger partial charge in [-0.15, -0.1) is 12.4 Å². The molecule has 3 aromatic rings. The molecule has 0 N–H and O–H groups in total. The average molecular weight is 472 g/mol. The van der Waals surface area contributed by atoms with Crippen LogP contribution < -0.4 is 4.90 Å². The van der Waals surface area contributed by atoms with Crippen molar-refractivity contribution in [2.75, 3.05) is 44.3 Å². The van der Waals surface area contributed by atoms with Gasteiger partial charge in [-0.2, -0.15) is 0 Å². The van der Waals surface area contributed by atoms with Gasteiger partial charge in [-0.05, 0) is 36.8 Å². The first-order chi connectivity index (χ1) is 14.5. The second-order valence-corrected chi connectivity index (χ2v) is 8.01. The summed E-state index contributed by atoms with van der Waals surface area (Å²) in [7, 11) is 0. The number of halogens is 4. The average Bonchev–Trinajstić information content (AvgIpc) is 3.16. The van der Waals surface area contributed by atoms with E-state index in [0.29, 0.717) is 36.4 Å². The van der Waals surface area contributed by atoms with Crippen molar-refractivity contribution in [3.05, 3.63) is 59.4 Å². The smallest absolute Gasteiger partial charge is 0.260 e. The molecule has 1 aromatic heterocycles. The van der Waals surface area contributed by atoms with Gasteiger partial charge in [0.05, 0.1) is 17.9 Å². The largest absolute Gasteiger partial charge is 0.379 e. The molecule has 4 rings (SSSR count). The molecule has 1 amide bonds. The number of fused-ring (bicyclic) bond motifs is 1. The van der Waals surface area contributed by atoms with Crippen molar-refractivity contribution in [2.24, 2.45) is 0 Å². The molecule has 10 heteroatoms. The van der Waals surface area contributed by atoms with Gasteiger partial charge >= 0.3 is 0 Å². The number of amides is 1. The van der Waals surface area contributed by atoms with Gasteiger partial charge in [0.2, 0.25) is 0 Å². The molecule has 1 fully saturated rings. The van der Waals surface area contributed by atoms with Crippen LogP contribution in [0, 0.1) is 17.5 Å². The second-order valence-electron chi connectivity index (χ2n) is 7.00. The first kappa shape index (κ1) is 23.5. The van der Waals surface area contributed by atoms with E-state index in [9.17, 15) is 18.0 Å². The number of carbonyl (C=O) groups is 1. The minimum absolute atomic E-state index is 0. The third-order valence-corrected chi connectivity index (χ3v) is 5.95. The maximum absolute atomic E-state index is 14.1. The van der Waals surface area contributed by atoms with E-state index >= 15 is 0 Å². The van der Waals surface area contributed by atoms with Crippen LogP contribution in [0.2, 0.25) is 0 Å². The molecular weight excluding hydrogens is 451 g/mol. The normalized spacial score (nSPS) is 14.4. The molecule has 0 atom stereocenters. The first-order valence-corrected chi connectivity index (χ1v) is 10.5. The number of benzene rings is 2. The highest BCUT2D eigenvalue weighted by Crippen LogP contribution is 2.32. The molecule has 1 aliphatic rings. The van der Waals surface area contributed by atoms with Gasteiger partial charge < -0.3 is 4.74 Å². The van der Waals surface area contributed by atoms with Gasteiger partial charge in [0.1, 0.15) is 17.2 Å². The Bertz CT molecular complexity index is 1040. The summed E-state index contributed by atoms with van der Waals surface area (Å²) < 4.78 is 46.7. The lowest BCUT2D eigenvalue weighted by Gasteiger charge is -2.27. The number of hydrogen-bond acceptors (Lipinski definition) is 5. The predicted molar refractivity (Wildman–Crippen MR) is 117 cm³/mol. The maximum atomic E-state index is 14.1. The molecule has 0 radical (unpaired) electrons. The molecule has 0 bridgehead atoms.